The number of carbonyl (C=O) groups excluding carboxylic acids is 1. The second kappa shape index (κ2) is 5.43. The summed E-state index contributed by atoms with van der Waals surface area (Å²) < 4.78 is 33.0. The van der Waals surface area contributed by atoms with Crippen LogP contribution in [0.2, 0.25) is 0 Å². The zero-order valence-electron chi connectivity index (χ0n) is 9.73. The molecule has 0 aliphatic heterocycles. The van der Waals surface area contributed by atoms with Crippen molar-refractivity contribution in [2.75, 3.05) is 7.11 Å². The Balaban J connectivity index is 2.29. The molecule has 8 heteroatoms. The Morgan fingerprint density at radius 3 is 2.89 bits per heavy atom. The van der Waals surface area contributed by atoms with E-state index in [2.05, 4.69) is 30.7 Å². The fraction of sp³-hybridized carbons (Fsp3) is 0.182. The minimum atomic E-state index is -0.714. The van der Waals surface area contributed by atoms with Crippen LogP contribution in [-0.4, -0.2) is 27.8 Å². The monoisotopic (exact) mass is 331 g/mol. The summed E-state index contributed by atoms with van der Waals surface area (Å²) in [4.78, 5) is 14.8. The quantitative estimate of drug-likeness (QED) is 0.638. The Bertz CT molecular complexity index is 630. The first kappa shape index (κ1) is 13.6. The molecule has 0 saturated heterocycles. The summed E-state index contributed by atoms with van der Waals surface area (Å²) in [6.45, 7) is -0.179. The van der Waals surface area contributed by atoms with Crippen LogP contribution in [0.5, 0.6) is 0 Å². The van der Waals surface area contributed by atoms with E-state index in [0.29, 0.717) is 0 Å². The molecular weight excluding hydrogens is 324 g/mol. The lowest BCUT2D eigenvalue weighted by atomic mass is 10.2. The average Bonchev–Trinajstić information content (AvgIpc) is 2.87. The second-order valence-corrected chi connectivity index (χ2v) is 4.43. The van der Waals surface area contributed by atoms with E-state index in [0.717, 1.165) is 10.7 Å². The number of nitrogens with zero attached hydrogens (tertiary/aromatic N) is 3. The van der Waals surface area contributed by atoms with Gasteiger partial charge in [-0.3, -0.25) is 0 Å². The third-order valence-electron chi connectivity index (χ3n) is 2.36. The van der Waals surface area contributed by atoms with E-state index in [1.807, 2.05) is 0 Å². The molecule has 5 nitrogen and oxygen atoms in total. The molecule has 0 aliphatic carbocycles. The number of esters is 1. The molecule has 1 aromatic heterocycles. The van der Waals surface area contributed by atoms with Crippen LogP contribution < -0.4 is 0 Å². The summed E-state index contributed by atoms with van der Waals surface area (Å²) >= 11 is 2.97. The fourth-order valence-electron chi connectivity index (χ4n) is 1.43. The number of hydrogen-bond donors (Lipinski definition) is 0. The van der Waals surface area contributed by atoms with Gasteiger partial charge in [0.2, 0.25) is 0 Å². The molecule has 1 aromatic carbocycles. The maximum absolute atomic E-state index is 13.7. The van der Waals surface area contributed by atoms with Gasteiger partial charge < -0.3 is 4.74 Å². The normalized spacial score (nSPS) is 10.5. The highest BCUT2D eigenvalue weighted by atomic mass is 79.9. The van der Waals surface area contributed by atoms with E-state index in [9.17, 15) is 13.6 Å². The first-order valence-electron chi connectivity index (χ1n) is 5.13. The van der Waals surface area contributed by atoms with Crippen molar-refractivity contribution in [1.82, 2.24) is 14.8 Å². The van der Waals surface area contributed by atoms with Crippen LogP contribution in [0.1, 0.15) is 16.2 Å². The van der Waals surface area contributed by atoms with Crippen molar-refractivity contribution in [3.05, 3.63) is 46.0 Å². The summed E-state index contributed by atoms with van der Waals surface area (Å²) in [6, 6.07) is 2.41. The van der Waals surface area contributed by atoms with E-state index < -0.39 is 17.6 Å². The first-order chi connectivity index (χ1) is 9.02. The van der Waals surface area contributed by atoms with Crippen LogP contribution in [0, 0.1) is 11.6 Å². The molecule has 0 aliphatic rings. The zero-order chi connectivity index (χ0) is 14.0. The molecule has 0 fully saturated rings. The van der Waals surface area contributed by atoms with E-state index in [-0.39, 0.29) is 22.4 Å². The van der Waals surface area contributed by atoms with Gasteiger partial charge in [-0.1, -0.05) is 0 Å². The molecule has 0 atom stereocenters. The fourth-order valence-corrected chi connectivity index (χ4v) is 1.80. The minimum absolute atomic E-state index is 0.150. The van der Waals surface area contributed by atoms with Gasteiger partial charge in [-0.25, -0.2) is 23.2 Å². The van der Waals surface area contributed by atoms with Crippen molar-refractivity contribution in [2.45, 2.75) is 6.54 Å². The maximum Gasteiger partial charge on any atom is 0.377 e. The van der Waals surface area contributed by atoms with Crippen LogP contribution in [-0.2, 0) is 11.3 Å². The number of halogens is 3. The van der Waals surface area contributed by atoms with Gasteiger partial charge in [0, 0.05) is 5.56 Å². The first-order valence-corrected chi connectivity index (χ1v) is 5.92. The lowest BCUT2D eigenvalue weighted by Crippen LogP contribution is -2.08. The highest BCUT2D eigenvalue weighted by Gasteiger charge is 2.16. The van der Waals surface area contributed by atoms with Crippen LogP contribution in [0.25, 0.3) is 0 Å². The lowest BCUT2D eigenvalue weighted by Gasteiger charge is -2.06. The predicted molar refractivity (Wildman–Crippen MR) is 64.5 cm³/mol. The van der Waals surface area contributed by atoms with Crippen LogP contribution >= 0.6 is 15.9 Å². The number of hydrogen-bond acceptors (Lipinski definition) is 4. The SMILES string of the molecule is COC(=O)c1ncn(Cc2c(F)ccc(Br)c2F)n1. The summed E-state index contributed by atoms with van der Waals surface area (Å²) in [5.74, 6) is -2.29. The number of methoxy groups -OCH3 is 1. The Hall–Kier alpha value is -1.83. The molecule has 0 N–H and O–H groups in total. The zero-order valence-corrected chi connectivity index (χ0v) is 11.3. The summed E-state index contributed by atoms with van der Waals surface area (Å²) in [5, 5.41) is 3.77. The third-order valence-corrected chi connectivity index (χ3v) is 2.98. The van der Waals surface area contributed by atoms with Crippen molar-refractivity contribution in [2.24, 2.45) is 0 Å². The molecule has 100 valence electrons. The molecule has 0 radical (unpaired) electrons. The van der Waals surface area contributed by atoms with E-state index in [1.54, 1.807) is 0 Å². The molecule has 2 aromatic rings. The smallest absolute Gasteiger partial charge is 0.377 e. The Labute approximate surface area is 115 Å². The van der Waals surface area contributed by atoms with Crippen LogP contribution in [0.4, 0.5) is 8.78 Å². The molecule has 0 unspecified atom stereocenters. The second-order valence-electron chi connectivity index (χ2n) is 3.58. The van der Waals surface area contributed by atoms with Crippen LogP contribution in [0.3, 0.4) is 0 Å². The molecule has 0 bridgehead atoms. The number of ether oxygens (including phenoxy) is 1. The largest absolute Gasteiger partial charge is 0.463 e. The topological polar surface area (TPSA) is 57.0 Å². The van der Waals surface area contributed by atoms with Gasteiger partial charge in [0.15, 0.2) is 0 Å². The van der Waals surface area contributed by atoms with Gasteiger partial charge in [-0.15, -0.1) is 5.10 Å². The number of carbonyl (C=O) groups is 1. The molecule has 19 heavy (non-hydrogen) atoms. The van der Waals surface area contributed by atoms with Gasteiger partial charge in [0.05, 0.1) is 18.1 Å². The lowest BCUT2D eigenvalue weighted by molar-refractivity contribution is 0.0586. The Kier molecular flexibility index (Phi) is 3.89. The maximum atomic E-state index is 13.7. The summed E-state index contributed by atoms with van der Waals surface area (Å²) in [7, 11) is 1.19. The van der Waals surface area contributed by atoms with Crippen molar-refractivity contribution >= 4 is 21.9 Å². The Morgan fingerprint density at radius 1 is 1.47 bits per heavy atom. The third kappa shape index (κ3) is 2.78. The summed E-state index contributed by atoms with van der Waals surface area (Å²) in [5.41, 5.74) is -0.171. The van der Waals surface area contributed by atoms with Crippen molar-refractivity contribution < 1.29 is 18.3 Å². The van der Waals surface area contributed by atoms with E-state index in [4.69, 9.17) is 0 Å². The molecule has 2 rings (SSSR count). The standard InChI is InChI=1S/C11H8BrF2N3O2/c1-19-11(18)10-15-5-17(16-10)4-6-8(13)3-2-7(12)9(6)14/h2-3,5H,4H2,1H3. The average molecular weight is 332 g/mol. The molecule has 0 amide bonds. The summed E-state index contributed by atoms with van der Waals surface area (Å²) in [6.07, 6.45) is 1.20. The number of benzene rings is 1. The van der Waals surface area contributed by atoms with Gasteiger partial charge in [0.25, 0.3) is 5.82 Å². The highest BCUT2D eigenvalue weighted by molar-refractivity contribution is 9.10. The van der Waals surface area contributed by atoms with Gasteiger partial charge in [-0.2, -0.15) is 0 Å². The van der Waals surface area contributed by atoms with Crippen LogP contribution in [0.15, 0.2) is 22.9 Å². The van der Waals surface area contributed by atoms with Crippen molar-refractivity contribution in [3.63, 3.8) is 0 Å². The molecule has 0 saturated carbocycles. The predicted octanol–water partition coefficient (Wildman–Crippen LogP) is 2.15. The minimum Gasteiger partial charge on any atom is -0.463 e. The number of aromatic nitrogens is 3. The van der Waals surface area contributed by atoms with Gasteiger partial charge >= 0.3 is 5.97 Å². The van der Waals surface area contributed by atoms with Gasteiger partial charge in [-0.05, 0) is 28.1 Å². The highest BCUT2D eigenvalue weighted by Crippen LogP contribution is 2.22. The van der Waals surface area contributed by atoms with Crippen molar-refractivity contribution in [3.8, 4) is 0 Å². The number of rotatable bonds is 3. The van der Waals surface area contributed by atoms with E-state index in [1.165, 1.54) is 19.5 Å². The molecule has 1 heterocycles. The molecular formula is C11H8BrF2N3O2. The Morgan fingerprint density at radius 2 is 2.21 bits per heavy atom. The molecule has 0 spiro atoms. The van der Waals surface area contributed by atoms with E-state index >= 15 is 0 Å². The van der Waals surface area contributed by atoms with Crippen molar-refractivity contribution in [1.29, 1.82) is 0 Å². The van der Waals surface area contributed by atoms with Gasteiger partial charge in [0.1, 0.15) is 18.0 Å².